The van der Waals surface area contributed by atoms with E-state index >= 15 is 0 Å². The molecule has 5 nitrogen and oxygen atoms in total. The SMILES string of the molecule is O=C(CC[PH](=O)c1ccccc1)OCCOCCO. The lowest BCUT2D eigenvalue weighted by Crippen LogP contribution is -2.13. The number of aliphatic hydroxyl groups is 1. The number of esters is 1. The van der Waals surface area contributed by atoms with Crippen molar-refractivity contribution in [3.63, 3.8) is 0 Å². The van der Waals surface area contributed by atoms with Gasteiger partial charge in [0, 0.05) is 11.5 Å². The Kier molecular flexibility index (Phi) is 8.14. The highest BCUT2D eigenvalue weighted by atomic mass is 31.1. The Morgan fingerprint density at radius 2 is 1.89 bits per heavy atom. The molecule has 6 heteroatoms. The monoisotopic (exact) mass is 286 g/mol. The molecule has 0 heterocycles. The van der Waals surface area contributed by atoms with Gasteiger partial charge in [0.2, 0.25) is 0 Å². The zero-order valence-corrected chi connectivity index (χ0v) is 11.7. The van der Waals surface area contributed by atoms with Gasteiger partial charge in [0.25, 0.3) is 0 Å². The summed E-state index contributed by atoms with van der Waals surface area (Å²) in [5.74, 6) is -0.373. The van der Waals surface area contributed by atoms with Crippen molar-refractivity contribution in [1.29, 1.82) is 0 Å². The molecular formula is C13H19O5P. The third kappa shape index (κ3) is 7.11. The van der Waals surface area contributed by atoms with Crippen LogP contribution < -0.4 is 5.30 Å². The van der Waals surface area contributed by atoms with Gasteiger partial charge < -0.3 is 19.1 Å². The summed E-state index contributed by atoms with van der Waals surface area (Å²) in [5.41, 5.74) is 0. The lowest BCUT2D eigenvalue weighted by molar-refractivity contribution is -0.144. The van der Waals surface area contributed by atoms with E-state index in [-0.39, 0.29) is 38.8 Å². The van der Waals surface area contributed by atoms with E-state index in [1.807, 2.05) is 18.2 Å². The number of carbonyl (C=O) groups excluding carboxylic acids is 1. The maximum atomic E-state index is 11.9. The Morgan fingerprint density at radius 1 is 1.16 bits per heavy atom. The van der Waals surface area contributed by atoms with Gasteiger partial charge in [0.1, 0.15) is 14.4 Å². The van der Waals surface area contributed by atoms with Crippen LogP contribution in [0.1, 0.15) is 6.42 Å². The number of hydrogen-bond acceptors (Lipinski definition) is 5. The van der Waals surface area contributed by atoms with Crippen LogP contribution in [-0.2, 0) is 18.8 Å². The molecule has 0 saturated carbocycles. The molecular weight excluding hydrogens is 267 g/mol. The summed E-state index contributed by atoms with van der Waals surface area (Å²) in [6.45, 7) is 0.609. The average molecular weight is 286 g/mol. The average Bonchev–Trinajstić information content (AvgIpc) is 2.45. The van der Waals surface area contributed by atoms with Gasteiger partial charge in [-0.2, -0.15) is 0 Å². The predicted molar refractivity (Wildman–Crippen MR) is 73.4 cm³/mol. The first-order valence-corrected chi connectivity index (χ1v) is 7.78. The maximum Gasteiger partial charge on any atom is 0.306 e. The van der Waals surface area contributed by atoms with Crippen LogP contribution in [0.5, 0.6) is 0 Å². The lowest BCUT2D eigenvalue weighted by Gasteiger charge is -2.05. The quantitative estimate of drug-likeness (QED) is 0.413. The van der Waals surface area contributed by atoms with Crippen molar-refractivity contribution in [2.24, 2.45) is 0 Å². The first kappa shape index (κ1) is 15.9. The Balaban J connectivity index is 2.15. The minimum Gasteiger partial charge on any atom is -0.463 e. The van der Waals surface area contributed by atoms with E-state index in [1.54, 1.807) is 12.1 Å². The highest BCUT2D eigenvalue weighted by Gasteiger charge is 2.08. The zero-order valence-electron chi connectivity index (χ0n) is 10.7. The molecule has 0 bridgehead atoms. The Labute approximate surface area is 113 Å². The molecule has 0 amide bonds. The van der Waals surface area contributed by atoms with Crippen LogP contribution in [0.15, 0.2) is 30.3 Å². The van der Waals surface area contributed by atoms with Crippen LogP contribution in [0.3, 0.4) is 0 Å². The standard InChI is InChI=1S/C13H19O5P/c14-7-8-17-9-10-18-13(15)6-11-19(16)12-4-2-1-3-5-12/h1-5,14,19H,6-11H2. The van der Waals surface area contributed by atoms with E-state index in [0.29, 0.717) is 6.16 Å². The molecule has 0 aromatic heterocycles. The summed E-state index contributed by atoms with van der Waals surface area (Å²) >= 11 is 0. The largest absolute Gasteiger partial charge is 0.463 e. The molecule has 1 unspecified atom stereocenters. The van der Waals surface area contributed by atoms with E-state index in [9.17, 15) is 9.36 Å². The number of aliphatic hydroxyl groups excluding tert-OH is 1. The molecule has 0 spiro atoms. The summed E-state index contributed by atoms with van der Waals surface area (Å²) in [5, 5.41) is 9.25. The lowest BCUT2D eigenvalue weighted by atomic mass is 10.4. The molecule has 1 atom stereocenters. The molecule has 0 saturated heterocycles. The molecule has 1 aromatic carbocycles. The highest BCUT2D eigenvalue weighted by Crippen LogP contribution is 2.20. The fraction of sp³-hybridized carbons (Fsp3) is 0.462. The van der Waals surface area contributed by atoms with E-state index in [1.165, 1.54) is 0 Å². The van der Waals surface area contributed by atoms with E-state index in [0.717, 1.165) is 5.30 Å². The summed E-state index contributed by atoms with van der Waals surface area (Å²) in [7, 11) is -1.92. The van der Waals surface area contributed by atoms with Gasteiger partial charge in [-0.05, 0) is 0 Å². The van der Waals surface area contributed by atoms with Crippen molar-refractivity contribution in [3.8, 4) is 0 Å². The third-order valence-corrected chi connectivity index (χ3v) is 4.06. The molecule has 0 aliphatic rings. The predicted octanol–water partition coefficient (Wildman–Crippen LogP) is 0.814. The second-order valence-electron chi connectivity index (χ2n) is 3.85. The topological polar surface area (TPSA) is 72.8 Å². The molecule has 0 aliphatic carbocycles. The van der Waals surface area contributed by atoms with Gasteiger partial charge in [-0.1, -0.05) is 30.3 Å². The van der Waals surface area contributed by atoms with Gasteiger partial charge in [0.15, 0.2) is 0 Å². The zero-order chi connectivity index (χ0) is 13.9. The molecule has 0 radical (unpaired) electrons. The van der Waals surface area contributed by atoms with Crippen LogP contribution in [-0.4, -0.2) is 43.7 Å². The smallest absolute Gasteiger partial charge is 0.306 e. The van der Waals surface area contributed by atoms with Crippen molar-refractivity contribution in [3.05, 3.63) is 30.3 Å². The highest BCUT2D eigenvalue weighted by molar-refractivity contribution is 7.53. The van der Waals surface area contributed by atoms with Gasteiger partial charge in [-0.15, -0.1) is 0 Å². The Hall–Kier alpha value is -1.16. The maximum absolute atomic E-state index is 11.9. The normalized spacial score (nSPS) is 12.1. The molecule has 1 N–H and O–H groups in total. The van der Waals surface area contributed by atoms with Gasteiger partial charge >= 0.3 is 5.97 Å². The molecule has 1 rings (SSSR count). The molecule has 19 heavy (non-hydrogen) atoms. The van der Waals surface area contributed by atoms with Crippen LogP contribution in [0.2, 0.25) is 0 Å². The first-order chi connectivity index (χ1) is 9.24. The summed E-state index contributed by atoms with van der Waals surface area (Å²) in [6, 6.07) is 9.12. The number of benzene rings is 1. The third-order valence-electron chi connectivity index (χ3n) is 2.38. The van der Waals surface area contributed by atoms with Crippen molar-refractivity contribution in [2.45, 2.75) is 6.42 Å². The van der Waals surface area contributed by atoms with Gasteiger partial charge in [0.05, 0.1) is 26.2 Å². The second-order valence-corrected chi connectivity index (χ2v) is 5.77. The molecule has 0 aliphatic heterocycles. The van der Waals surface area contributed by atoms with Gasteiger partial charge in [-0.3, -0.25) is 4.79 Å². The summed E-state index contributed by atoms with van der Waals surface area (Å²) < 4.78 is 21.7. The van der Waals surface area contributed by atoms with Crippen molar-refractivity contribution < 1.29 is 23.9 Å². The van der Waals surface area contributed by atoms with Crippen molar-refractivity contribution in [2.75, 3.05) is 32.6 Å². The van der Waals surface area contributed by atoms with Crippen LogP contribution in [0.4, 0.5) is 0 Å². The minimum atomic E-state index is -1.92. The number of hydrogen-bond donors (Lipinski definition) is 1. The summed E-state index contributed by atoms with van der Waals surface area (Å²) in [6.07, 6.45) is 0.470. The molecule has 1 aromatic rings. The van der Waals surface area contributed by atoms with Gasteiger partial charge in [-0.25, -0.2) is 0 Å². The number of rotatable bonds is 9. The van der Waals surface area contributed by atoms with E-state index in [2.05, 4.69) is 0 Å². The van der Waals surface area contributed by atoms with Crippen molar-refractivity contribution in [1.82, 2.24) is 0 Å². The second kappa shape index (κ2) is 9.73. The minimum absolute atomic E-state index is 0.0486. The van der Waals surface area contributed by atoms with Crippen molar-refractivity contribution >= 4 is 19.1 Å². The number of ether oxygens (including phenoxy) is 2. The molecule has 106 valence electrons. The number of carbonyl (C=O) groups is 1. The van der Waals surface area contributed by atoms with Crippen LogP contribution >= 0.6 is 7.80 Å². The fourth-order valence-electron chi connectivity index (χ4n) is 1.44. The molecule has 0 fully saturated rings. The Bertz CT molecular complexity index is 393. The Morgan fingerprint density at radius 3 is 2.58 bits per heavy atom. The van der Waals surface area contributed by atoms with E-state index in [4.69, 9.17) is 14.6 Å². The van der Waals surface area contributed by atoms with E-state index < -0.39 is 7.80 Å². The fourth-order valence-corrected chi connectivity index (χ4v) is 2.72. The van der Waals surface area contributed by atoms with Crippen LogP contribution in [0, 0.1) is 0 Å². The van der Waals surface area contributed by atoms with Crippen LogP contribution in [0.25, 0.3) is 0 Å². The first-order valence-electron chi connectivity index (χ1n) is 6.16. The summed E-state index contributed by atoms with van der Waals surface area (Å²) in [4.78, 5) is 11.4.